The van der Waals surface area contributed by atoms with Crippen molar-refractivity contribution in [3.05, 3.63) is 59.2 Å². The van der Waals surface area contributed by atoms with Crippen LogP contribution in [0.2, 0.25) is 0 Å². The van der Waals surface area contributed by atoms with Crippen LogP contribution in [0.25, 0.3) is 0 Å². The van der Waals surface area contributed by atoms with Crippen LogP contribution in [0.4, 0.5) is 5.69 Å². The number of carbonyl (C=O) groups excluding carboxylic acids is 1. The van der Waals surface area contributed by atoms with Gasteiger partial charge in [0.05, 0.1) is 11.6 Å². The topological polar surface area (TPSA) is 64.3 Å². The Hall–Kier alpha value is -2.80. The van der Waals surface area contributed by atoms with Gasteiger partial charge in [-0.3, -0.25) is 4.79 Å². The summed E-state index contributed by atoms with van der Waals surface area (Å²) in [6, 6.07) is 13.6. The van der Waals surface area contributed by atoms with Crippen molar-refractivity contribution >= 4 is 11.6 Å². The highest BCUT2D eigenvalue weighted by Gasteiger charge is 2.14. The molecule has 2 aromatic carbocycles. The highest BCUT2D eigenvalue weighted by atomic mass is 16.3. The fraction of sp³-hybridized carbons (Fsp3) is 0.125. The van der Waals surface area contributed by atoms with Crippen molar-refractivity contribution < 1.29 is 9.90 Å². The Kier molecular flexibility index (Phi) is 3.72. The number of phenols is 1. The average Bonchev–Trinajstić information content (AvgIpc) is 2.48. The van der Waals surface area contributed by atoms with E-state index in [0.717, 1.165) is 0 Å². The lowest BCUT2D eigenvalue weighted by atomic mass is 10.1. The molecule has 0 aliphatic carbocycles. The second kappa shape index (κ2) is 5.45. The molecule has 0 heterocycles. The number of amides is 1. The molecule has 0 spiro atoms. The lowest BCUT2D eigenvalue weighted by Gasteiger charge is -2.18. The second-order valence-corrected chi connectivity index (χ2v) is 4.53. The third kappa shape index (κ3) is 2.62. The lowest BCUT2D eigenvalue weighted by Crippen LogP contribution is -2.26. The molecule has 20 heavy (non-hydrogen) atoms. The van der Waals surface area contributed by atoms with Gasteiger partial charge in [0, 0.05) is 18.3 Å². The maximum atomic E-state index is 12.4. The first-order valence-corrected chi connectivity index (χ1v) is 6.11. The molecule has 1 N–H and O–H groups in total. The van der Waals surface area contributed by atoms with Crippen LogP contribution >= 0.6 is 0 Å². The molecular formula is C16H14N2O2. The van der Waals surface area contributed by atoms with Crippen LogP contribution in [0.1, 0.15) is 21.5 Å². The van der Waals surface area contributed by atoms with Gasteiger partial charge in [-0.05, 0) is 48.9 Å². The van der Waals surface area contributed by atoms with E-state index in [-0.39, 0.29) is 11.7 Å². The van der Waals surface area contributed by atoms with Crippen LogP contribution in [0.15, 0.2) is 42.5 Å². The number of hydrogen-bond donors (Lipinski definition) is 1. The Balaban J connectivity index is 2.32. The smallest absolute Gasteiger partial charge is 0.258 e. The number of hydrogen-bond acceptors (Lipinski definition) is 3. The quantitative estimate of drug-likeness (QED) is 0.909. The summed E-state index contributed by atoms with van der Waals surface area (Å²) in [5.74, 6) is -0.0288. The molecule has 2 aromatic rings. The van der Waals surface area contributed by atoms with Gasteiger partial charge in [0.15, 0.2) is 0 Å². The molecule has 0 fully saturated rings. The minimum atomic E-state index is -0.191. The van der Waals surface area contributed by atoms with Gasteiger partial charge in [-0.15, -0.1) is 0 Å². The monoisotopic (exact) mass is 266 g/mol. The van der Waals surface area contributed by atoms with Crippen LogP contribution < -0.4 is 4.90 Å². The molecule has 0 saturated carbocycles. The summed E-state index contributed by atoms with van der Waals surface area (Å²) in [4.78, 5) is 13.8. The second-order valence-electron chi connectivity index (χ2n) is 4.53. The number of anilines is 1. The van der Waals surface area contributed by atoms with Gasteiger partial charge in [0.25, 0.3) is 5.91 Å². The summed E-state index contributed by atoms with van der Waals surface area (Å²) in [7, 11) is 1.65. The first kappa shape index (κ1) is 13.6. The van der Waals surface area contributed by atoms with Crippen molar-refractivity contribution in [3.8, 4) is 11.8 Å². The number of carbonyl (C=O) groups is 1. The van der Waals surface area contributed by atoms with Gasteiger partial charge in [0.2, 0.25) is 0 Å². The number of rotatable bonds is 2. The summed E-state index contributed by atoms with van der Waals surface area (Å²) in [6.07, 6.45) is 0. The molecule has 2 rings (SSSR count). The first-order valence-electron chi connectivity index (χ1n) is 6.11. The number of aromatic hydroxyl groups is 1. The maximum absolute atomic E-state index is 12.4. The molecule has 4 heteroatoms. The van der Waals surface area contributed by atoms with E-state index in [1.807, 2.05) is 6.07 Å². The zero-order valence-electron chi connectivity index (χ0n) is 11.3. The Morgan fingerprint density at radius 2 is 2.00 bits per heavy atom. The van der Waals surface area contributed by atoms with Crippen molar-refractivity contribution in [1.82, 2.24) is 0 Å². The van der Waals surface area contributed by atoms with Gasteiger partial charge in [0.1, 0.15) is 5.75 Å². The van der Waals surface area contributed by atoms with Crippen molar-refractivity contribution in [1.29, 1.82) is 5.26 Å². The standard InChI is InChI=1S/C16H14N2O2/c1-11-8-13(6-7-15(11)19)16(20)18(2)14-5-3-4-12(9-14)10-17/h3-9,19H,1-2H3. The number of benzene rings is 2. The Bertz CT molecular complexity index is 702. The van der Waals surface area contributed by atoms with Gasteiger partial charge in [-0.1, -0.05) is 6.07 Å². The Morgan fingerprint density at radius 1 is 1.25 bits per heavy atom. The third-order valence-electron chi connectivity index (χ3n) is 3.11. The predicted molar refractivity (Wildman–Crippen MR) is 76.7 cm³/mol. The summed E-state index contributed by atoms with van der Waals surface area (Å²) < 4.78 is 0. The van der Waals surface area contributed by atoms with Crippen molar-refractivity contribution in [3.63, 3.8) is 0 Å². The summed E-state index contributed by atoms with van der Waals surface area (Å²) in [5, 5.41) is 18.4. The molecule has 4 nitrogen and oxygen atoms in total. The fourth-order valence-electron chi connectivity index (χ4n) is 1.88. The molecule has 0 saturated heterocycles. The SMILES string of the molecule is Cc1cc(C(=O)N(C)c2cccc(C#N)c2)ccc1O. The Labute approximate surface area is 117 Å². The molecule has 0 aromatic heterocycles. The molecule has 0 bridgehead atoms. The van der Waals surface area contributed by atoms with Crippen LogP contribution in [0.3, 0.4) is 0 Å². The van der Waals surface area contributed by atoms with Gasteiger partial charge >= 0.3 is 0 Å². The van der Waals surface area contributed by atoms with E-state index in [1.54, 1.807) is 50.4 Å². The van der Waals surface area contributed by atoms with Crippen molar-refractivity contribution in [2.45, 2.75) is 6.92 Å². The normalized spacial score (nSPS) is 9.85. The lowest BCUT2D eigenvalue weighted by molar-refractivity contribution is 0.0993. The van der Waals surface area contributed by atoms with E-state index in [0.29, 0.717) is 22.4 Å². The van der Waals surface area contributed by atoms with E-state index in [9.17, 15) is 9.90 Å². The molecule has 0 radical (unpaired) electrons. The van der Waals surface area contributed by atoms with E-state index in [1.165, 1.54) is 11.0 Å². The predicted octanol–water partition coefficient (Wildman–Crippen LogP) is 2.85. The van der Waals surface area contributed by atoms with E-state index < -0.39 is 0 Å². The highest BCUT2D eigenvalue weighted by molar-refractivity contribution is 6.06. The van der Waals surface area contributed by atoms with Crippen molar-refractivity contribution in [2.24, 2.45) is 0 Å². The van der Waals surface area contributed by atoms with Gasteiger partial charge in [-0.2, -0.15) is 5.26 Å². The van der Waals surface area contributed by atoms with E-state index in [2.05, 4.69) is 0 Å². The minimum Gasteiger partial charge on any atom is -0.508 e. The average molecular weight is 266 g/mol. The molecule has 0 aliphatic rings. The molecule has 0 aliphatic heterocycles. The number of nitrogens with zero attached hydrogens (tertiary/aromatic N) is 2. The third-order valence-corrected chi connectivity index (χ3v) is 3.11. The number of nitriles is 1. The maximum Gasteiger partial charge on any atom is 0.258 e. The van der Waals surface area contributed by atoms with Crippen LogP contribution in [0, 0.1) is 18.3 Å². The molecule has 100 valence electrons. The zero-order chi connectivity index (χ0) is 14.7. The van der Waals surface area contributed by atoms with Crippen molar-refractivity contribution in [2.75, 3.05) is 11.9 Å². The molecule has 0 unspecified atom stereocenters. The van der Waals surface area contributed by atoms with Gasteiger partial charge < -0.3 is 10.0 Å². The van der Waals surface area contributed by atoms with E-state index in [4.69, 9.17) is 5.26 Å². The minimum absolute atomic E-state index is 0.163. The first-order chi connectivity index (χ1) is 9.52. The number of phenolic OH excluding ortho intramolecular Hbond substituents is 1. The van der Waals surface area contributed by atoms with Gasteiger partial charge in [-0.25, -0.2) is 0 Å². The van der Waals surface area contributed by atoms with Crippen LogP contribution in [-0.2, 0) is 0 Å². The van der Waals surface area contributed by atoms with Crippen LogP contribution in [0.5, 0.6) is 5.75 Å². The van der Waals surface area contributed by atoms with E-state index >= 15 is 0 Å². The Morgan fingerprint density at radius 3 is 2.65 bits per heavy atom. The van der Waals surface area contributed by atoms with Crippen LogP contribution in [-0.4, -0.2) is 18.1 Å². The molecule has 1 amide bonds. The zero-order valence-corrected chi connectivity index (χ0v) is 11.3. The summed E-state index contributed by atoms with van der Waals surface area (Å²) in [6.45, 7) is 1.74. The fourth-order valence-corrected chi connectivity index (χ4v) is 1.88. The number of aryl methyl sites for hydroxylation is 1. The summed E-state index contributed by atoms with van der Waals surface area (Å²) in [5.41, 5.74) is 2.30. The summed E-state index contributed by atoms with van der Waals surface area (Å²) >= 11 is 0. The highest BCUT2D eigenvalue weighted by Crippen LogP contribution is 2.21. The molecule has 0 atom stereocenters. The molecular weight excluding hydrogens is 252 g/mol. The largest absolute Gasteiger partial charge is 0.508 e.